The molecule has 6 rings (SSSR count). The molecule has 0 spiro atoms. The van der Waals surface area contributed by atoms with Gasteiger partial charge < -0.3 is 14.2 Å². The van der Waals surface area contributed by atoms with E-state index < -0.39 is 17.9 Å². The minimum absolute atomic E-state index is 0.0410. The molecule has 0 bridgehead atoms. The number of aryl methyl sites for hydroxylation is 1. The monoisotopic (exact) mass is 641 g/mol. The number of hydrogen-bond donors (Lipinski definition) is 0. The third-order valence-electron chi connectivity index (χ3n) is 7.89. The lowest BCUT2D eigenvalue weighted by Crippen LogP contribution is -2.30. The molecule has 6 aromatic rings. The molecule has 3 heterocycles. The number of esters is 3. The molecule has 0 N–H and O–H groups in total. The Kier molecular flexibility index (Phi) is 9.20. The number of pyridine rings is 1. The average Bonchev–Trinajstić information content (AvgIpc) is 3.67. The molecule has 3 aromatic heterocycles. The van der Waals surface area contributed by atoms with Crippen molar-refractivity contribution in [1.82, 2.24) is 9.55 Å². The molecule has 9 heteroatoms. The van der Waals surface area contributed by atoms with Crippen LogP contribution >= 0.6 is 0 Å². The lowest BCUT2D eigenvalue weighted by atomic mass is 10.0. The Bertz CT molecular complexity index is 2110. The van der Waals surface area contributed by atoms with Crippen molar-refractivity contribution in [2.45, 2.75) is 27.7 Å². The van der Waals surface area contributed by atoms with E-state index >= 15 is 0 Å². The number of benzene rings is 3. The molecule has 9 nitrogen and oxygen atoms in total. The van der Waals surface area contributed by atoms with Crippen LogP contribution in [0, 0.1) is 6.92 Å². The third-order valence-corrected chi connectivity index (χ3v) is 7.89. The van der Waals surface area contributed by atoms with E-state index in [1.807, 2.05) is 91.9 Å². The summed E-state index contributed by atoms with van der Waals surface area (Å²) < 4.78 is 19.7. The molecule has 48 heavy (non-hydrogen) atoms. The van der Waals surface area contributed by atoms with Crippen molar-refractivity contribution in [3.8, 4) is 39.6 Å². The predicted molar refractivity (Wildman–Crippen MR) is 181 cm³/mol. The van der Waals surface area contributed by atoms with Gasteiger partial charge in [-0.15, -0.1) is 0 Å². The first-order chi connectivity index (χ1) is 23.4. The summed E-state index contributed by atoms with van der Waals surface area (Å²) in [5.74, 6) is -1.77. The van der Waals surface area contributed by atoms with Gasteiger partial charge in [0.2, 0.25) is 5.69 Å². The summed E-state index contributed by atoms with van der Waals surface area (Å²) in [6.07, 6.45) is 1.64. The van der Waals surface area contributed by atoms with Gasteiger partial charge in [0.15, 0.2) is 0 Å². The second kappa shape index (κ2) is 13.8. The highest BCUT2D eigenvalue weighted by molar-refractivity contribution is 6.13. The molecular weight excluding hydrogens is 606 g/mol. The van der Waals surface area contributed by atoms with Crippen LogP contribution in [0.5, 0.6) is 0 Å². The van der Waals surface area contributed by atoms with Crippen molar-refractivity contribution in [3.05, 3.63) is 126 Å². The van der Waals surface area contributed by atoms with Gasteiger partial charge >= 0.3 is 11.9 Å². The second-order valence-electron chi connectivity index (χ2n) is 11.0. The standard InChI is InChI=1S/C39H35N3O6/c1-5-46-37(43)31-30-24-28(22-23-41(30)35(39(45)48-7-3)32(31)38(44)47-6-2)36-40-33(26-14-10-8-11-15-26)34(27-16-12-9-13-17-27)42(36)29-20-18-25(4)19-21-29/h8-24H,5-7H2,1-4H3. The molecule has 0 atom stereocenters. The molecule has 0 aliphatic heterocycles. The quantitative estimate of drug-likeness (QED) is 0.0677. The Hall–Kier alpha value is -5.96. The number of rotatable bonds is 10. The molecular formula is C39H35N3O6. The van der Waals surface area contributed by atoms with E-state index in [0.717, 1.165) is 33.8 Å². The van der Waals surface area contributed by atoms with Crippen LogP contribution in [0.3, 0.4) is 0 Å². The van der Waals surface area contributed by atoms with Crippen LogP contribution in [0.2, 0.25) is 0 Å². The van der Waals surface area contributed by atoms with E-state index in [9.17, 15) is 14.4 Å². The predicted octanol–water partition coefficient (Wildman–Crippen LogP) is 7.17. The Labute approximate surface area is 278 Å². The van der Waals surface area contributed by atoms with E-state index in [0.29, 0.717) is 11.4 Å². The third kappa shape index (κ3) is 5.86. The van der Waals surface area contributed by atoms with Crippen LogP contribution in [0.25, 0.3) is 45.1 Å². The van der Waals surface area contributed by atoms with Crippen molar-refractivity contribution < 1.29 is 33.0 Å². The number of imidazole rings is 1. The van der Waals surface area contributed by atoms with Gasteiger partial charge in [0.05, 0.1) is 42.3 Å². The SMILES string of the molecule is CCOC(=O)c1c(C(=O)OCC)[c-](C(=O)OCC)[n+]2ccc(-c3nc(-c4ccccc4)c(-c4ccccc4)n3-c3ccc(C)cc3)cc12. The number of carbonyl (C=O) groups is 3. The van der Waals surface area contributed by atoms with Crippen LogP contribution < -0.4 is 4.40 Å². The van der Waals surface area contributed by atoms with Crippen LogP contribution in [0.4, 0.5) is 0 Å². The fraction of sp³-hybridized carbons (Fsp3) is 0.179. The minimum atomic E-state index is -0.826. The Morgan fingerprint density at radius 1 is 0.729 bits per heavy atom. The maximum Gasteiger partial charge on any atom is 0.368 e. The summed E-state index contributed by atoms with van der Waals surface area (Å²) in [5.41, 5.74) is 6.02. The van der Waals surface area contributed by atoms with Gasteiger partial charge in [0.25, 0.3) is 5.97 Å². The van der Waals surface area contributed by atoms with Crippen molar-refractivity contribution in [2.24, 2.45) is 0 Å². The fourth-order valence-corrected chi connectivity index (χ4v) is 5.82. The minimum Gasteiger partial charge on any atom is -0.497 e. The summed E-state index contributed by atoms with van der Waals surface area (Å²) in [5, 5.41) is 0. The zero-order chi connectivity index (χ0) is 33.8. The van der Waals surface area contributed by atoms with Crippen LogP contribution in [0.15, 0.2) is 103 Å². The summed E-state index contributed by atoms with van der Waals surface area (Å²) >= 11 is 0. The van der Waals surface area contributed by atoms with Crippen LogP contribution in [-0.4, -0.2) is 47.3 Å². The van der Waals surface area contributed by atoms with Crippen molar-refractivity contribution in [1.29, 1.82) is 0 Å². The van der Waals surface area contributed by atoms with Crippen molar-refractivity contribution >= 4 is 23.4 Å². The lowest BCUT2D eigenvalue weighted by Gasteiger charge is -2.14. The van der Waals surface area contributed by atoms with Gasteiger partial charge in [-0.1, -0.05) is 78.4 Å². The smallest absolute Gasteiger partial charge is 0.368 e. The summed E-state index contributed by atoms with van der Waals surface area (Å²) in [4.78, 5) is 45.6. The number of aromatic nitrogens is 3. The summed E-state index contributed by atoms with van der Waals surface area (Å²) in [6, 6.07) is 31.7. The zero-order valence-corrected chi connectivity index (χ0v) is 27.2. The fourth-order valence-electron chi connectivity index (χ4n) is 5.82. The van der Waals surface area contributed by atoms with Gasteiger partial charge in [-0.2, -0.15) is 0 Å². The van der Waals surface area contributed by atoms with E-state index in [2.05, 4.69) is 4.57 Å². The Morgan fingerprint density at radius 2 is 1.33 bits per heavy atom. The number of carbonyl (C=O) groups excluding carboxylic acids is 3. The number of ether oxygens (including phenoxy) is 3. The number of hydrogen-bond acceptors (Lipinski definition) is 7. The van der Waals surface area contributed by atoms with Gasteiger partial charge in [0.1, 0.15) is 17.5 Å². The van der Waals surface area contributed by atoms with E-state index in [1.165, 1.54) is 4.40 Å². The Morgan fingerprint density at radius 3 is 1.96 bits per heavy atom. The highest BCUT2D eigenvalue weighted by atomic mass is 16.5. The second-order valence-corrected chi connectivity index (χ2v) is 11.0. The molecule has 0 aliphatic rings. The molecule has 0 amide bonds. The Balaban J connectivity index is 1.71. The highest BCUT2D eigenvalue weighted by Crippen LogP contribution is 2.39. The van der Waals surface area contributed by atoms with Crippen molar-refractivity contribution in [2.75, 3.05) is 19.8 Å². The molecule has 3 aromatic carbocycles. The largest absolute Gasteiger partial charge is 0.497 e. The van der Waals surface area contributed by atoms with Gasteiger partial charge in [-0.3, -0.25) is 18.6 Å². The van der Waals surface area contributed by atoms with Gasteiger partial charge in [-0.05, 0) is 52.0 Å². The van der Waals surface area contributed by atoms with Crippen molar-refractivity contribution in [3.63, 3.8) is 0 Å². The van der Waals surface area contributed by atoms with Crippen LogP contribution in [-0.2, 0) is 14.2 Å². The topological polar surface area (TPSA) is 101 Å². The van der Waals surface area contributed by atoms with E-state index in [4.69, 9.17) is 19.2 Å². The molecule has 242 valence electrons. The van der Waals surface area contributed by atoms with Gasteiger partial charge in [0, 0.05) is 22.4 Å². The average molecular weight is 642 g/mol. The molecule has 0 saturated carbocycles. The lowest BCUT2D eigenvalue weighted by molar-refractivity contribution is -0.512. The maximum absolute atomic E-state index is 13.6. The van der Waals surface area contributed by atoms with Crippen LogP contribution in [0.1, 0.15) is 57.5 Å². The number of nitrogens with zero attached hydrogens (tertiary/aromatic N) is 3. The van der Waals surface area contributed by atoms with E-state index in [1.54, 1.807) is 39.1 Å². The zero-order valence-electron chi connectivity index (χ0n) is 27.2. The summed E-state index contributed by atoms with van der Waals surface area (Å²) in [7, 11) is 0. The maximum atomic E-state index is 13.6. The molecule has 0 aliphatic carbocycles. The highest BCUT2D eigenvalue weighted by Gasteiger charge is 2.34. The number of fused-ring (bicyclic) bond motifs is 1. The first-order valence-corrected chi connectivity index (χ1v) is 15.9. The first-order valence-electron chi connectivity index (χ1n) is 15.9. The van der Waals surface area contributed by atoms with Gasteiger partial charge in [-0.25, -0.2) is 9.78 Å². The summed E-state index contributed by atoms with van der Waals surface area (Å²) in [6.45, 7) is 7.20. The molecule has 0 fully saturated rings. The first kappa shape index (κ1) is 32.0. The molecule has 0 unspecified atom stereocenters. The van der Waals surface area contributed by atoms with E-state index in [-0.39, 0.29) is 42.2 Å². The normalized spacial score (nSPS) is 11.0. The molecule has 0 radical (unpaired) electrons. The molecule has 0 saturated heterocycles.